The van der Waals surface area contributed by atoms with Crippen LogP contribution in [-0.4, -0.2) is 59.5 Å². The largest absolute Gasteiger partial charge is 0.367 e. The summed E-state index contributed by atoms with van der Waals surface area (Å²) in [6.45, 7) is 10.9. The first-order valence-corrected chi connectivity index (χ1v) is 9.71. The fourth-order valence-electron chi connectivity index (χ4n) is 3.01. The molecule has 0 spiro atoms. The van der Waals surface area contributed by atoms with E-state index in [2.05, 4.69) is 45.0 Å². The van der Waals surface area contributed by atoms with E-state index in [0.29, 0.717) is 12.5 Å². The number of nitrogens with zero attached hydrogens (tertiary/aromatic N) is 3. The second-order valence-corrected chi connectivity index (χ2v) is 7.25. The number of piperidine rings is 1. The standard InChI is InChI=1S/C18H29BrN4O/c1-4-22(5-2)9-8-18(24)23-10-6-15(7-11-23)21-17-12-16(19)14(3)13-20-17/h12-13,15H,4-11H2,1-3H3,(H,20,21). The Labute approximate surface area is 153 Å². The molecular formula is C18H29BrN4O. The SMILES string of the molecule is CCN(CC)CCC(=O)N1CCC(Nc2cc(Br)c(C)cn2)CC1. The van der Waals surface area contributed by atoms with E-state index in [9.17, 15) is 4.79 Å². The molecule has 0 unspecified atom stereocenters. The predicted molar refractivity (Wildman–Crippen MR) is 102 cm³/mol. The highest BCUT2D eigenvalue weighted by molar-refractivity contribution is 9.10. The Morgan fingerprint density at radius 2 is 2.04 bits per heavy atom. The molecule has 0 saturated carbocycles. The van der Waals surface area contributed by atoms with Crippen LogP contribution < -0.4 is 5.32 Å². The number of carbonyl (C=O) groups excluding carboxylic acids is 1. The fraction of sp³-hybridized carbons (Fsp3) is 0.667. The van der Waals surface area contributed by atoms with Gasteiger partial charge >= 0.3 is 0 Å². The van der Waals surface area contributed by atoms with Crippen molar-refractivity contribution in [3.63, 3.8) is 0 Å². The summed E-state index contributed by atoms with van der Waals surface area (Å²) in [6.07, 6.45) is 4.46. The van der Waals surface area contributed by atoms with Gasteiger partial charge in [0.2, 0.25) is 5.91 Å². The van der Waals surface area contributed by atoms with Crippen molar-refractivity contribution in [1.29, 1.82) is 0 Å². The summed E-state index contributed by atoms with van der Waals surface area (Å²) in [5, 5.41) is 3.49. The number of halogens is 1. The van der Waals surface area contributed by atoms with Crippen LogP contribution in [0.3, 0.4) is 0 Å². The number of pyridine rings is 1. The number of hydrogen-bond donors (Lipinski definition) is 1. The summed E-state index contributed by atoms with van der Waals surface area (Å²) >= 11 is 3.54. The van der Waals surface area contributed by atoms with Gasteiger partial charge in [0.1, 0.15) is 5.82 Å². The Bertz CT molecular complexity index is 540. The van der Waals surface area contributed by atoms with Gasteiger partial charge < -0.3 is 15.1 Å². The highest BCUT2D eigenvalue weighted by Gasteiger charge is 2.23. The molecule has 2 rings (SSSR count). The van der Waals surface area contributed by atoms with Crippen molar-refractivity contribution in [2.24, 2.45) is 0 Å². The van der Waals surface area contributed by atoms with Gasteiger partial charge in [-0.25, -0.2) is 4.98 Å². The lowest BCUT2D eigenvalue weighted by molar-refractivity contribution is -0.132. The third-order valence-corrected chi connectivity index (χ3v) is 5.63. The first-order chi connectivity index (χ1) is 11.5. The maximum absolute atomic E-state index is 12.3. The van der Waals surface area contributed by atoms with Crippen LogP contribution in [-0.2, 0) is 4.79 Å². The van der Waals surface area contributed by atoms with Crippen LogP contribution in [0.4, 0.5) is 5.82 Å². The van der Waals surface area contributed by atoms with E-state index in [1.807, 2.05) is 24.1 Å². The number of anilines is 1. The van der Waals surface area contributed by atoms with Crippen molar-refractivity contribution in [3.05, 3.63) is 22.3 Å². The maximum Gasteiger partial charge on any atom is 0.223 e. The van der Waals surface area contributed by atoms with Gasteiger partial charge in [-0.05, 0) is 44.5 Å². The number of carbonyl (C=O) groups is 1. The van der Waals surface area contributed by atoms with Gasteiger partial charge in [-0.2, -0.15) is 0 Å². The molecule has 6 heteroatoms. The zero-order valence-electron chi connectivity index (χ0n) is 15.0. The van der Waals surface area contributed by atoms with Gasteiger partial charge in [0.05, 0.1) is 0 Å². The van der Waals surface area contributed by atoms with Crippen LogP contribution in [0.2, 0.25) is 0 Å². The Morgan fingerprint density at radius 3 is 2.62 bits per heavy atom. The van der Waals surface area contributed by atoms with Gasteiger partial charge in [-0.15, -0.1) is 0 Å². The molecule has 1 fully saturated rings. The van der Waals surface area contributed by atoms with Crippen molar-refractivity contribution in [2.45, 2.75) is 46.1 Å². The molecule has 1 aliphatic heterocycles. The third kappa shape index (κ3) is 5.45. The monoisotopic (exact) mass is 396 g/mol. The van der Waals surface area contributed by atoms with Crippen molar-refractivity contribution >= 4 is 27.7 Å². The minimum Gasteiger partial charge on any atom is -0.367 e. The van der Waals surface area contributed by atoms with Gasteiger partial charge in [0.25, 0.3) is 0 Å². The molecule has 0 radical (unpaired) electrons. The molecule has 1 saturated heterocycles. The van der Waals surface area contributed by atoms with Crippen molar-refractivity contribution < 1.29 is 4.79 Å². The highest BCUT2D eigenvalue weighted by Crippen LogP contribution is 2.21. The number of hydrogen-bond acceptors (Lipinski definition) is 4. The Kier molecular flexibility index (Phi) is 7.49. The number of aromatic nitrogens is 1. The number of rotatable bonds is 7. The molecule has 134 valence electrons. The summed E-state index contributed by atoms with van der Waals surface area (Å²) in [6, 6.07) is 2.41. The molecule has 2 heterocycles. The lowest BCUT2D eigenvalue weighted by Gasteiger charge is -2.33. The van der Waals surface area contributed by atoms with Crippen LogP contribution in [0.15, 0.2) is 16.7 Å². The summed E-state index contributed by atoms with van der Waals surface area (Å²) < 4.78 is 1.07. The zero-order valence-corrected chi connectivity index (χ0v) is 16.6. The molecule has 0 aliphatic carbocycles. The summed E-state index contributed by atoms with van der Waals surface area (Å²) in [4.78, 5) is 21.1. The molecule has 0 aromatic carbocycles. The molecule has 0 bridgehead atoms. The smallest absolute Gasteiger partial charge is 0.223 e. The van der Waals surface area contributed by atoms with E-state index >= 15 is 0 Å². The van der Waals surface area contributed by atoms with Crippen LogP contribution in [0.5, 0.6) is 0 Å². The third-order valence-electron chi connectivity index (χ3n) is 4.77. The number of aryl methyl sites for hydroxylation is 1. The minimum absolute atomic E-state index is 0.288. The van der Waals surface area contributed by atoms with Crippen molar-refractivity contribution in [3.8, 4) is 0 Å². The number of likely N-dealkylation sites (tertiary alicyclic amines) is 1. The summed E-state index contributed by atoms with van der Waals surface area (Å²) in [5.74, 6) is 1.19. The summed E-state index contributed by atoms with van der Waals surface area (Å²) in [7, 11) is 0. The molecule has 0 atom stereocenters. The fourth-order valence-corrected chi connectivity index (χ4v) is 3.33. The molecule has 5 nitrogen and oxygen atoms in total. The van der Waals surface area contributed by atoms with Gasteiger partial charge in [0.15, 0.2) is 0 Å². The maximum atomic E-state index is 12.3. The van der Waals surface area contributed by atoms with E-state index in [1.165, 1.54) is 0 Å². The van der Waals surface area contributed by atoms with E-state index in [4.69, 9.17) is 0 Å². The van der Waals surface area contributed by atoms with Gasteiger partial charge in [-0.3, -0.25) is 4.79 Å². The van der Waals surface area contributed by atoms with E-state index < -0.39 is 0 Å². The normalized spacial score (nSPS) is 15.8. The molecule has 1 N–H and O–H groups in total. The minimum atomic E-state index is 0.288. The van der Waals surface area contributed by atoms with Gasteiger partial charge in [-0.1, -0.05) is 29.8 Å². The average molecular weight is 397 g/mol. The molecule has 1 aromatic rings. The molecule has 1 amide bonds. The topological polar surface area (TPSA) is 48.5 Å². The van der Waals surface area contributed by atoms with Crippen LogP contribution in [0, 0.1) is 6.92 Å². The average Bonchev–Trinajstić information content (AvgIpc) is 2.59. The van der Waals surface area contributed by atoms with Crippen LogP contribution >= 0.6 is 15.9 Å². The number of nitrogens with one attached hydrogen (secondary N) is 1. The second kappa shape index (κ2) is 9.37. The molecule has 1 aliphatic rings. The van der Waals surface area contributed by atoms with E-state index in [0.717, 1.165) is 61.4 Å². The highest BCUT2D eigenvalue weighted by atomic mass is 79.9. The lowest BCUT2D eigenvalue weighted by Crippen LogP contribution is -2.43. The van der Waals surface area contributed by atoms with Gasteiger partial charge in [0, 0.05) is 42.8 Å². The Morgan fingerprint density at radius 1 is 1.38 bits per heavy atom. The Balaban J connectivity index is 1.76. The van der Waals surface area contributed by atoms with Crippen molar-refractivity contribution in [2.75, 3.05) is 38.0 Å². The van der Waals surface area contributed by atoms with Crippen LogP contribution in [0.25, 0.3) is 0 Å². The van der Waals surface area contributed by atoms with Crippen LogP contribution in [0.1, 0.15) is 38.7 Å². The molecule has 24 heavy (non-hydrogen) atoms. The zero-order chi connectivity index (χ0) is 17.5. The van der Waals surface area contributed by atoms with E-state index in [1.54, 1.807) is 0 Å². The molecule has 1 aromatic heterocycles. The Hall–Kier alpha value is -1.14. The summed E-state index contributed by atoms with van der Waals surface area (Å²) in [5.41, 5.74) is 1.13. The molecular weight excluding hydrogens is 368 g/mol. The second-order valence-electron chi connectivity index (χ2n) is 6.40. The quantitative estimate of drug-likeness (QED) is 0.767. The first kappa shape index (κ1) is 19.2. The van der Waals surface area contributed by atoms with Crippen molar-refractivity contribution in [1.82, 2.24) is 14.8 Å². The number of amides is 1. The first-order valence-electron chi connectivity index (χ1n) is 8.92. The van der Waals surface area contributed by atoms with E-state index in [-0.39, 0.29) is 5.91 Å². The predicted octanol–water partition coefficient (Wildman–Crippen LogP) is 3.29. The lowest BCUT2D eigenvalue weighted by atomic mass is 10.0.